The highest BCUT2D eigenvalue weighted by Gasteiger charge is 2.25. The van der Waals surface area contributed by atoms with Crippen molar-refractivity contribution >= 4 is 26.1 Å². The van der Waals surface area contributed by atoms with Crippen LogP contribution in [0.1, 0.15) is 17.5 Å². The number of rotatable bonds is 0. The first-order valence-electron chi connectivity index (χ1n) is 4.10. The maximum atomic E-state index is 13.4. The number of halogens is 2. The molecular formula is C10H6BrFN2. The third-order valence-corrected chi connectivity index (χ3v) is 2.91. The largest absolute Gasteiger partial charge is 0.361 e. The fourth-order valence-electron chi connectivity index (χ4n) is 1.51. The van der Waals surface area contributed by atoms with Gasteiger partial charge in [-0.25, -0.2) is 4.39 Å². The third kappa shape index (κ3) is 1.33. The zero-order valence-electron chi connectivity index (χ0n) is 7.17. The van der Waals surface area contributed by atoms with Crippen LogP contribution in [0.2, 0.25) is 0 Å². The Hall–Kier alpha value is -1.25. The normalized spacial score (nSPS) is 14.4. The Kier molecular flexibility index (Phi) is 2.32. The lowest BCUT2D eigenvalue weighted by Gasteiger charge is -2.10. The molecule has 1 aliphatic carbocycles. The summed E-state index contributed by atoms with van der Waals surface area (Å²) in [4.78, 5) is 3.10. The monoisotopic (exact) mass is 252 g/mol. The Morgan fingerprint density at radius 3 is 2.93 bits per heavy atom. The van der Waals surface area contributed by atoms with E-state index in [4.69, 9.17) is 5.53 Å². The van der Waals surface area contributed by atoms with E-state index in [9.17, 15) is 4.39 Å². The van der Waals surface area contributed by atoms with Crippen LogP contribution < -0.4 is 0 Å². The summed E-state index contributed by atoms with van der Waals surface area (Å²) >= 11 is 3.34. The summed E-state index contributed by atoms with van der Waals surface area (Å²) in [6.45, 7) is 0. The molecule has 0 bridgehead atoms. The summed E-state index contributed by atoms with van der Waals surface area (Å²) in [5, 5.41) is 0. The Bertz CT molecular complexity index is 473. The number of nitrogens with zero attached hydrogens (tertiary/aromatic N) is 2. The lowest BCUT2D eigenvalue weighted by Crippen LogP contribution is -2.11. The molecule has 0 amide bonds. The molecule has 2 nitrogen and oxygen atoms in total. The summed E-state index contributed by atoms with van der Waals surface area (Å²) in [6, 6.07) is 4.77. The summed E-state index contributed by atoms with van der Waals surface area (Å²) in [5.41, 5.74) is 10.2. The van der Waals surface area contributed by atoms with Crippen LogP contribution in [0.4, 0.5) is 4.39 Å². The Morgan fingerprint density at radius 1 is 1.43 bits per heavy atom. The van der Waals surface area contributed by atoms with Gasteiger partial charge in [-0.05, 0) is 6.07 Å². The SMILES string of the molecule is [N-]=[N+]=C1CC=C(Br)c2cccc(F)c21. The molecule has 70 valence electrons. The van der Waals surface area contributed by atoms with Crippen LogP contribution in [0, 0.1) is 5.82 Å². The molecule has 1 aromatic rings. The van der Waals surface area contributed by atoms with Gasteiger partial charge in [-0.1, -0.05) is 34.1 Å². The van der Waals surface area contributed by atoms with E-state index in [2.05, 4.69) is 20.7 Å². The van der Waals surface area contributed by atoms with Gasteiger partial charge < -0.3 is 5.53 Å². The van der Waals surface area contributed by atoms with Gasteiger partial charge in [0.2, 0.25) is 0 Å². The summed E-state index contributed by atoms with van der Waals surface area (Å²) in [7, 11) is 0. The van der Waals surface area contributed by atoms with Gasteiger partial charge in [-0.2, -0.15) is 4.79 Å². The van der Waals surface area contributed by atoms with Crippen LogP contribution >= 0.6 is 15.9 Å². The second-order valence-electron chi connectivity index (χ2n) is 2.97. The molecule has 0 aliphatic heterocycles. The van der Waals surface area contributed by atoms with Crippen LogP contribution in [0.25, 0.3) is 10.0 Å². The number of allylic oxidation sites excluding steroid dienone is 1. The van der Waals surface area contributed by atoms with E-state index >= 15 is 0 Å². The molecule has 0 radical (unpaired) electrons. The smallest absolute Gasteiger partial charge is 0.306 e. The number of fused-ring (bicyclic) bond motifs is 1. The predicted octanol–water partition coefficient (Wildman–Crippen LogP) is 2.98. The van der Waals surface area contributed by atoms with E-state index in [0.717, 1.165) is 10.0 Å². The molecule has 0 unspecified atom stereocenters. The van der Waals surface area contributed by atoms with Crippen LogP contribution in [-0.2, 0) is 0 Å². The second kappa shape index (κ2) is 3.48. The average Bonchev–Trinajstić information content (AvgIpc) is 2.20. The van der Waals surface area contributed by atoms with Crippen molar-refractivity contribution in [3.8, 4) is 0 Å². The molecule has 0 spiro atoms. The van der Waals surface area contributed by atoms with Crippen molar-refractivity contribution in [2.24, 2.45) is 0 Å². The lowest BCUT2D eigenvalue weighted by atomic mass is 9.95. The molecule has 0 aromatic heterocycles. The number of hydrogen-bond acceptors (Lipinski definition) is 0. The van der Waals surface area contributed by atoms with Crippen molar-refractivity contribution in [1.29, 1.82) is 0 Å². The Morgan fingerprint density at radius 2 is 2.21 bits per heavy atom. The minimum absolute atomic E-state index is 0.361. The Labute approximate surface area is 88.8 Å². The number of benzene rings is 1. The highest BCUT2D eigenvalue weighted by Crippen LogP contribution is 2.31. The maximum absolute atomic E-state index is 13.4. The molecule has 4 heteroatoms. The molecule has 14 heavy (non-hydrogen) atoms. The highest BCUT2D eigenvalue weighted by molar-refractivity contribution is 9.15. The third-order valence-electron chi connectivity index (χ3n) is 2.15. The van der Waals surface area contributed by atoms with Gasteiger partial charge in [-0.15, -0.1) is 0 Å². The van der Waals surface area contributed by atoms with Gasteiger partial charge in [0, 0.05) is 10.0 Å². The molecule has 0 heterocycles. The molecule has 0 N–H and O–H groups in total. The van der Waals surface area contributed by atoms with Gasteiger partial charge in [0.1, 0.15) is 11.4 Å². The second-order valence-corrected chi connectivity index (χ2v) is 3.82. The van der Waals surface area contributed by atoms with Crippen molar-refractivity contribution in [2.45, 2.75) is 6.42 Å². The van der Waals surface area contributed by atoms with Crippen LogP contribution in [0.3, 0.4) is 0 Å². The Balaban J connectivity index is 2.78. The van der Waals surface area contributed by atoms with Crippen molar-refractivity contribution in [1.82, 2.24) is 0 Å². The molecule has 0 fully saturated rings. The molecule has 2 rings (SSSR count). The van der Waals surface area contributed by atoms with Crippen LogP contribution in [-0.4, -0.2) is 10.5 Å². The zero-order chi connectivity index (χ0) is 10.1. The first-order chi connectivity index (χ1) is 6.74. The molecule has 0 saturated heterocycles. The van der Waals surface area contributed by atoms with E-state index in [1.54, 1.807) is 12.1 Å². The van der Waals surface area contributed by atoms with Crippen molar-refractivity contribution < 1.29 is 9.18 Å². The topological polar surface area (TPSA) is 36.4 Å². The summed E-state index contributed by atoms with van der Waals surface area (Å²) in [5.74, 6) is -0.361. The standard InChI is InChI=1S/C10H6BrFN2/c11-7-4-5-9(14-13)10-6(7)2-1-3-8(10)12/h1-4H,5H2. The van der Waals surface area contributed by atoms with E-state index in [-0.39, 0.29) is 5.82 Å². The molecular weight excluding hydrogens is 247 g/mol. The fraction of sp³-hybridized carbons (Fsp3) is 0.100. The molecule has 1 aliphatic rings. The van der Waals surface area contributed by atoms with Crippen LogP contribution in [0.15, 0.2) is 24.3 Å². The van der Waals surface area contributed by atoms with Gasteiger partial charge >= 0.3 is 5.71 Å². The minimum Gasteiger partial charge on any atom is -0.361 e. The first kappa shape index (κ1) is 9.31. The van der Waals surface area contributed by atoms with E-state index in [1.165, 1.54) is 6.07 Å². The lowest BCUT2D eigenvalue weighted by molar-refractivity contribution is -0.00633. The molecule has 0 saturated carbocycles. The van der Waals surface area contributed by atoms with Gasteiger partial charge in [0.25, 0.3) is 0 Å². The summed E-state index contributed by atoms with van der Waals surface area (Å²) in [6.07, 6.45) is 2.28. The van der Waals surface area contributed by atoms with Gasteiger partial charge in [-0.3, -0.25) is 0 Å². The fourth-order valence-corrected chi connectivity index (χ4v) is 2.00. The maximum Gasteiger partial charge on any atom is 0.306 e. The van der Waals surface area contributed by atoms with Crippen molar-refractivity contribution in [2.75, 3.05) is 0 Å². The first-order valence-corrected chi connectivity index (χ1v) is 4.89. The quantitative estimate of drug-likeness (QED) is 0.503. The molecule has 0 atom stereocenters. The highest BCUT2D eigenvalue weighted by atomic mass is 79.9. The number of hydrogen-bond donors (Lipinski definition) is 0. The summed E-state index contributed by atoms with van der Waals surface area (Å²) < 4.78 is 14.3. The minimum atomic E-state index is -0.361. The van der Waals surface area contributed by atoms with Gasteiger partial charge in [0.05, 0.1) is 6.42 Å². The average molecular weight is 253 g/mol. The van der Waals surface area contributed by atoms with Crippen LogP contribution in [0.5, 0.6) is 0 Å². The van der Waals surface area contributed by atoms with E-state index in [0.29, 0.717) is 17.7 Å². The zero-order valence-corrected chi connectivity index (χ0v) is 8.75. The predicted molar refractivity (Wildman–Crippen MR) is 55.6 cm³/mol. The van der Waals surface area contributed by atoms with Crippen molar-refractivity contribution in [3.05, 3.63) is 46.8 Å². The van der Waals surface area contributed by atoms with E-state index < -0.39 is 0 Å². The molecule has 1 aromatic carbocycles. The van der Waals surface area contributed by atoms with Crippen molar-refractivity contribution in [3.63, 3.8) is 0 Å². The van der Waals surface area contributed by atoms with Gasteiger partial charge in [0.15, 0.2) is 0 Å². The van der Waals surface area contributed by atoms with E-state index in [1.807, 2.05) is 6.08 Å².